The molecule has 106 valence electrons. The van der Waals surface area contributed by atoms with Crippen molar-refractivity contribution in [1.82, 2.24) is 20.2 Å². The molecule has 0 amide bonds. The number of hydrogen-bond donors (Lipinski definition) is 1. The van der Waals surface area contributed by atoms with E-state index in [-0.39, 0.29) is 25.2 Å². The predicted octanol–water partition coefficient (Wildman–Crippen LogP) is 1.62. The van der Waals surface area contributed by atoms with E-state index < -0.39 is 29.0 Å². The first-order valence-electron chi connectivity index (χ1n) is 5.62. The van der Waals surface area contributed by atoms with Gasteiger partial charge in [0, 0.05) is 25.1 Å². The smallest absolute Gasteiger partial charge is 0.303 e. The Morgan fingerprint density at radius 2 is 1.90 bits per heavy atom. The number of aliphatic carboxylic acids is 1. The maximum absolute atomic E-state index is 13.6. The highest BCUT2D eigenvalue weighted by Crippen LogP contribution is 2.24. The van der Waals surface area contributed by atoms with Crippen LogP contribution in [0, 0.1) is 17.5 Å². The summed E-state index contributed by atoms with van der Waals surface area (Å²) in [5, 5.41) is 18.8. The van der Waals surface area contributed by atoms with E-state index in [4.69, 9.17) is 5.11 Å². The van der Waals surface area contributed by atoms with Crippen LogP contribution in [0.25, 0.3) is 11.4 Å². The van der Waals surface area contributed by atoms with E-state index in [1.54, 1.807) is 0 Å². The second-order valence-electron chi connectivity index (χ2n) is 3.97. The summed E-state index contributed by atoms with van der Waals surface area (Å²) in [5.74, 6) is -4.52. The summed E-state index contributed by atoms with van der Waals surface area (Å²) in [7, 11) is 0. The van der Waals surface area contributed by atoms with Crippen LogP contribution in [0.3, 0.4) is 0 Å². The van der Waals surface area contributed by atoms with Crippen LogP contribution in [0.15, 0.2) is 12.1 Å². The Labute approximate surface area is 110 Å². The van der Waals surface area contributed by atoms with Crippen LogP contribution >= 0.6 is 0 Å². The number of hydrogen-bond acceptors (Lipinski definition) is 4. The van der Waals surface area contributed by atoms with Gasteiger partial charge in [-0.2, -0.15) is 0 Å². The average molecular weight is 286 g/mol. The first-order chi connectivity index (χ1) is 9.49. The molecule has 0 saturated heterocycles. The zero-order chi connectivity index (χ0) is 14.7. The lowest BCUT2D eigenvalue weighted by Crippen LogP contribution is -2.07. The molecule has 2 rings (SSSR count). The molecule has 0 fully saturated rings. The van der Waals surface area contributed by atoms with Crippen molar-refractivity contribution >= 4 is 5.97 Å². The Hall–Kier alpha value is -2.45. The van der Waals surface area contributed by atoms with Gasteiger partial charge in [0.25, 0.3) is 0 Å². The number of carboxylic acids is 1. The van der Waals surface area contributed by atoms with Gasteiger partial charge in [-0.25, -0.2) is 17.9 Å². The highest BCUT2D eigenvalue weighted by Gasteiger charge is 2.19. The fourth-order valence-corrected chi connectivity index (χ4v) is 1.67. The summed E-state index contributed by atoms with van der Waals surface area (Å²) in [5.41, 5.74) is -0.549. The number of nitrogens with zero attached hydrogens (tertiary/aromatic N) is 4. The SMILES string of the molecule is O=C(O)CCCn1nnnc1-c1c(F)cc(F)cc1F. The number of benzene rings is 1. The van der Waals surface area contributed by atoms with E-state index in [1.807, 2.05) is 0 Å². The zero-order valence-electron chi connectivity index (χ0n) is 10.1. The third-order valence-corrected chi connectivity index (χ3v) is 2.52. The van der Waals surface area contributed by atoms with Gasteiger partial charge >= 0.3 is 5.97 Å². The number of rotatable bonds is 5. The summed E-state index contributed by atoms with van der Waals surface area (Å²) in [4.78, 5) is 10.4. The van der Waals surface area contributed by atoms with Crippen LogP contribution in [-0.2, 0) is 11.3 Å². The Morgan fingerprint density at radius 3 is 2.50 bits per heavy atom. The molecule has 1 N–H and O–H groups in total. The maximum Gasteiger partial charge on any atom is 0.303 e. The van der Waals surface area contributed by atoms with Gasteiger partial charge in [-0.1, -0.05) is 0 Å². The number of aromatic nitrogens is 4. The second kappa shape index (κ2) is 5.68. The molecule has 0 aliphatic heterocycles. The van der Waals surface area contributed by atoms with E-state index in [0.717, 1.165) is 4.68 Å². The van der Waals surface area contributed by atoms with E-state index in [2.05, 4.69) is 15.5 Å². The monoisotopic (exact) mass is 286 g/mol. The van der Waals surface area contributed by atoms with E-state index in [1.165, 1.54) is 0 Å². The van der Waals surface area contributed by atoms with Crippen LogP contribution < -0.4 is 0 Å². The summed E-state index contributed by atoms with van der Waals surface area (Å²) < 4.78 is 41.2. The topological polar surface area (TPSA) is 80.9 Å². The maximum atomic E-state index is 13.6. The summed E-state index contributed by atoms with van der Waals surface area (Å²) in [6, 6.07) is 1.05. The van der Waals surface area contributed by atoms with Crippen LogP contribution in [0.5, 0.6) is 0 Å². The van der Waals surface area contributed by atoms with Crippen molar-refractivity contribution in [2.24, 2.45) is 0 Å². The zero-order valence-corrected chi connectivity index (χ0v) is 10.1. The molecule has 1 aromatic carbocycles. The lowest BCUT2D eigenvalue weighted by molar-refractivity contribution is -0.137. The van der Waals surface area contributed by atoms with Gasteiger partial charge < -0.3 is 5.11 Å². The molecule has 9 heteroatoms. The molecule has 0 atom stereocenters. The molecule has 6 nitrogen and oxygen atoms in total. The lowest BCUT2D eigenvalue weighted by atomic mass is 10.1. The third kappa shape index (κ3) is 2.92. The molecule has 0 spiro atoms. The summed E-state index contributed by atoms with van der Waals surface area (Å²) in [6.07, 6.45) is 0.0610. The number of aryl methyl sites for hydroxylation is 1. The van der Waals surface area contributed by atoms with Gasteiger partial charge in [-0.3, -0.25) is 4.79 Å². The van der Waals surface area contributed by atoms with Gasteiger partial charge in [0.15, 0.2) is 5.82 Å². The fraction of sp³-hybridized carbons (Fsp3) is 0.273. The largest absolute Gasteiger partial charge is 0.481 e. The van der Waals surface area contributed by atoms with E-state index in [9.17, 15) is 18.0 Å². The van der Waals surface area contributed by atoms with Gasteiger partial charge in [0.1, 0.15) is 17.5 Å². The normalized spacial score (nSPS) is 10.8. The van der Waals surface area contributed by atoms with Crippen molar-refractivity contribution in [3.8, 4) is 11.4 Å². The lowest BCUT2D eigenvalue weighted by Gasteiger charge is -2.06. The van der Waals surface area contributed by atoms with Gasteiger partial charge in [-0.05, 0) is 16.8 Å². The van der Waals surface area contributed by atoms with Gasteiger partial charge in [-0.15, -0.1) is 5.10 Å². The second-order valence-corrected chi connectivity index (χ2v) is 3.97. The molecule has 0 aliphatic rings. The predicted molar refractivity (Wildman–Crippen MR) is 60.0 cm³/mol. The van der Waals surface area contributed by atoms with Crippen molar-refractivity contribution in [1.29, 1.82) is 0 Å². The fourth-order valence-electron chi connectivity index (χ4n) is 1.67. The van der Waals surface area contributed by atoms with Crippen LogP contribution in [0.2, 0.25) is 0 Å². The molecule has 0 unspecified atom stereocenters. The van der Waals surface area contributed by atoms with Crippen molar-refractivity contribution in [2.75, 3.05) is 0 Å². The number of carboxylic acid groups (broad SMARTS) is 1. The minimum absolute atomic E-state index is 0.0743. The Morgan fingerprint density at radius 1 is 1.25 bits per heavy atom. The van der Waals surface area contributed by atoms with Crippen LogP contribution in [-0.4, -0.2) is 31.3 Å². The van der Waals surface area contributed by atoms with Crippen LogP contribution in [0.1, 0.15) is 12.8 Å². The Kier molecular flexibility index (Phi) is 3.97. The summed E-state index contributed by atoms with van der Waals surface area (Å²) in [6.45, 7) is 0.0743. The van der Waals surface area contributed by atoms with Crippen molar-refractivity contribution < 1.29 is 23.1 Å². The van der Waals surface area contributed by atoms with Gasteiger partial charge in [0.2, 0.25) is 0 Å². The quantitative estimate of drug-likeness (QED) is 0.903. The highest BCUT2D eigenvalue weighted by molar-refractivity contribution is 5.66. The number of halogens is 3. The molecular formula is C11H9F3N4O2. The molecule has 0 saturated carbocycles. The number of tetrazole rings is 1. The first-order valence-corrected chi connectivity index (χ1v) is 5.62. The van der Waals surface area contributed by atoms with Gasteiger partial charge in [0.05, 0.1) is 5.56 Å². The molecule has 0 radical (unpaired) electrons. The van der Waals surface area contributed by atoms with Crippen LogP contribution in [0.4, 0.5) is 13.2 Å². The standard InChI is InChI=1S/C11H9F3N4O2/c12-6-4-7(13)10(8(14)5-6)11-15-16-17-18(11)3-1-2-9(19)20/h4-5H,1-3H2,(H,19,20). The van der Waals surface area contributed by atoms with E-state index >= 15 is 0 Å². The Bertz CT molecular complexity index is 621. The van der Waals surface area contributed by atoms with Crippen molar-refractivity contribution in [2.45, 2.75) is 19.4 Å². The molecular weight excluding hydrogens is 277 g/mol. The first kappa shape index (κ1) is 14.0. The number of carbonyl (C=O) groups is 1. The highest BCUT2D eigenvalue weighted by atomic mass is 19.1. The molecule has 0 bridgehead atoms. The summed E-state index contributed by atoms with van der Waals surface area (Å²) >= 11 is 0. The molecule has 20 heavy (non-hydrogen) atoms. The van der Waals surface area contributed by atoms with E-state index in [0.29, 0.717) is 12.1 Å². The minimum atomic E-state index is -1.13. The minimum Gasteiger partial charge on any atom is -0.481 e. The van der Waals surface area contributed by atoms with Crippen molar-refractivity contribution in [3.63, 3.8) is 0 Å². The van der Waals surface area contributed by atoms with Crippen molar-refractivity contribution in [3.05, 3.63) is 29.6 Å². The average Bonchev–Trinajstić information content (AvgIpc) is 2.75. The third-order valence-electron chi connectivity index (χ3n) is 2.52. The molecule has 0 aliphatic carbocycles. The Balaban J connectivity index is 2.30. The molecule has 1 aromatic heterocycles. The molecule has 2 aromatic rings. The molecule has 1 heterocycles.